The largest absolute Gasteiger partial charge is 0.456 e. The summed E-state index contributed by atoms with van der Waals surface area (Å²) in [4.78, 5) is 46.3. The van der Waals surface area contributed by atoms with E-state index < -0.39 is 35.2 Å². The summed E-state index contributed by atoms with van der Waals surface area (Å²) in [5, 5.41) is 13.8. The highest BCUT2D eigenvalue weighted by Gasteiger charge is 2.44. The van der Waals surface area contributed by atoms with Crippen molar-refractivity contribution in [2.24, 2.45) is 17.8 Å². The van der Waals surface area contributed by atoms with Gasteiger partial charge >= 0.3 is 5.97 Å². The molecule has 1 saturated carbocycles. The van der Waals surface area contributed by atoms with E-state index >= 15 is 0 Å². The number of nitrogens with one attached hydrogen (secondary N) is 1. The lowest BCUT2D eigenvalue weighted by atomic mass is 9.88. The van der Waals surface area contributed by atoms with E-state index in [9.17, 15) is 24.5 Å². The first-order chi connectivity index (χ1) is 12.7. The molecule has 0 spiro atoms. The summed E-state index contributed by atoms with van der Waals surface area (Å²) in [5.74, 6) is -2.84. The Morgan fingerprint density at radius 1 is 1.41 bits per heavy atom. The van der Waals surface area contributed by atoms with Crippen LogP contribution in [0.5, 0.6) is 0 Å². The molecule has 0 bridgehead atoms. The second kappa shape index (κ2) is 8.94. The number of halogens is 1. The van der Waals surface area contributed by atoms with Crippen LogP contribution in [-0.4, -0.2) is 35.7 Å². The summed E-state index contributed by atoms with van der Waals surface area (Å²) in [6.07, 6.45) is -0.0455. The van der Waals surface area contributed by atoms with Gasteiger partial charge in [-0.1, -0.05) is 24.6 Å². The molecule has 2 rings (SSSR count). The van der Waals surface area contributed by atoms with Crippen molar-refractivity contribution in [2.45, 2.75) is 26.7 Å². The zero-order valence-corrected chi connectivity index (χ0v) is 15.8. The zero-order chi connectivity index (χ0) is 20.1. The van der Waals surface area contributed by atoms with Crippen molar-refractivity contribution in [3.05, 3.63) is 38.9 Å². The molecule has 0 unspecified atom stereocenters. The maximum absolute atomic E-state index is 12.0. The maximum Gasteiger partial charge on any atom is 0.307 e. The molecule has 0 aromatic heterocycles. The number of anilines is 1. The number of nitrogens with zero attached hydrogens (tertiary/aromatic N) is 1. The molecule has 1 aromatic carbocycles. The van der Waals surface area contributed by atoms with Gasteiger partial charge in [0.25, 0.3) is 5.91 Å². The lowest BCUT2D eigenvalue weighted by Gasteiger charge is -2.17. The van der Waals surface area contributed by atoms with Gasteiger partial charge in [-0.2, -0.15) is 0 Å². The number of carbonyl (C=O) groups excluding carboxylic acids is 3. The van der Waals surface area contributed by atoms with E-state index in [1.807, 2.05) is 0 Å². The number of carbonyl (C=O) groups is 3. The highest BCUT2D eigenvalue weighted by Crippen LogP contribution is 2.36. The number of esters is 1. The summed E-state index contributed by atoms with van der Waals surface area (Å²) in [7, 11) is 0. The molecule has 27 heavy (non-hydrogen) atoms. The Morgan fingerprint density at radius 3 is 2.78 bits per heavy atom. The van der Waals surface area contributed by atoms with E-state index in [2.05, 4.69) is 5.32 Å². The molecule has 0 heterocycles. The summed E-state index contributed by atoms with van der Waals surface area (Å²) in [6, 6.07) is 5.01. The molecule has 1 aliphatic carbocycles. The van der Waals surface area contributed by atoms with E-state index in [-0.39, 0.29) is 31.1 Å². The average Bonchev–Trinajstić information content (AvgIpc) is 2.83. The van der Waals surface area contributed by atoms with Crippen molar-refractivity contribution in [3.8, 4) is 0 Å². The SMILES string of the molecule is Cc1ccc(Cl)cc1NC(=O)COC(=O)C[C@@H]1C(=O)C[C@@H](C)[C@@H]1C[N+](=O)[O-]. The molecule has 8 nitrogen and oxygen atoms in total. The molecule has 1 amide bonds. The predicted octanol–water partition coefficient (Wildman–Crippen LogP) is 2.64. The van der Waals surface area contributed by atoms with Gasteiger partial charge in [0.1, 0.15) is 5.78 Å². The molecule has 0 radical (unpaired) electrons. The fraction of sp³-hybridized carbons (Fsp3) is 0.500. The van der Waals surface area contributed by atoms with Gasteiger partial charge in [-0.25, -0.2) is 0 Å². The van der Waals surface area contributed by atoms with Crippen LogP contribution < -0.4 is 5.32 Å². The Kier molecular flexibility index (Phi) is 6.90. The Hall–Kier alpha value is -2.48. The molecule has 0 saturated heterocycles. The van der Waals surface area contributed by atoms with Crippen LogP contribution in [0.3, 0.4) is 0 Å². The maximum atomic E-state index is 12.0. The summed E-state index contributed by atoms with van der Waals surface area (Å²) in [6.45, 7) is 2.68. The number of Topliss-reactive ketones (excluding diaryl/α,β-unsaturated/α-hetero) is 1. The summed E-state index contributed by atoms with van der Waals surface area (Å²) < 4.78 is 4.94. The van der Waals surface area contributed by atoms with Crippen LogP contribution in [0.1, 0.15) is 25.3 Å². The Morgan fingerprint density at radius 2 is 2.11 bits per heavy atom. The van der Waals surface area contributed by atoms with Crippen LogP contribution in [0.4, 0.5) is 5.69 Å². The second-order valence-electron chi connectivity index (χ2n) is 6.81. The highest BCUT2D eigenvalue weighted by molar-refractivity contribution is 6.31. The van der Waals surface area contributed by atoms with Crippen LogP contribution in [0, 0.1) is 34.8 Å². The number of aryl methyl sites for hydroxylation is 1. The molecule has 1 fully saturated rings. The number of benzene rings is 1. The number of ether oxygens (including phenoxy) is 1. The van der Waals surface area contributed by atoms with Crippen LogP contribution in [0.15, 0.2) is 18.2 Å². The molecule has 1 N–H and O–H groups in total. The highest BCUT2D eigenvalue weighted by atomic mass is 35.5. The van der Waals surface area contributed by atoms with Crippen molar-refractivity contribution in [1.29, 1.82) is 0 Å². The monoisotopic (exact) mass is 396 g/mol. The van der Waals surface area contributed by atoms with Crippen molar-refractivity contribution >= 4 is 34.9 Å². The van der Waals surface area contributed by atoms with Gasteiger partial charge in [-0.3, -0.25) is 24.5 Å². The molecule has 3 atom stereocenters. The number of ketones is 1. The fourth-order valence-corrected chi connectivity index (χ4v) is 3.47. The minimum atomic E-state index is -0.740. The third-order valence-corrected chi connectivity index (χ3v) is 5.00. The minimum absolute atomic E-state index is 0.158. The first kappa shape index (κ1) is 20.8. The van der Waals surface area contributed by atoms with Gasteiger partial charge < -0.3 is 10.1 Å². The molecular weight excluding hydrogens is 376 g/mol. The van der Waals surface area contributed by atoms with Crippen LogP contribution in [0.2, 0.25) is 5.02 Å². The van der Waals surface area contributed by atoms with Crippen LogP contribution >= 0.6 is 11.6 Å². The number of hydrogen-bond donors (Lipinski definition) is 1. The second-order valence-corrected chi connectivity index (χ2v) is 7.24. The minimum Gasteiger partial charge on any atom is -0.456 e. The molecule has 0 aliphatic heterocycles. The summed E-state index contributed by atoms with van der Waals surface area (Å²) in [5.41, 5.74) is 1.31. The number of nitro groups is 1. The molecule has 1 aliphatic rings. The standard InChI is InChI=1S/C18H21ClN2O6/c1-10-3-4-12(19)6-15(10)20-17(23)9-27-18(24)7-13-14(8-21(25)26)11(2)5-16(13)22/h3-4,6,11,13-14H,5,7-9H2,1-2H3,(H,20,23)/t11-,13+,14+/m1/s1. The Labute approximate surface area is 161 Å². The smallest absolute Gasteiger partial charge is 0.307 e. The fourth-order valence-electron chi connectivity index (χ4n) is 3.30. The van der Waals surface area contributed by atoms with Gasteiger partial charge in [0.2, 0.25) is 6.54 Å². The van der Waals surface area contributed by atoms with Crippen molar-refractivity contribution in [3.63, 3.8) is 0 Å². The van der Waals surface area contributed by atoms with Gasteiger partial charge in [-0.05, 0) is 30.5 Å². The molecule has 1 aromatic rings. The third-order valence-electron chi connectivity index (χ3n) is 4.77. The quantitative estimate of drug-likeness (QED) is 0.430. The van der Waals surface area contributed by atoms with Gasteiger partial charge in [-0.15, -0.1) is 0 Å². The predicted molar refractivity (Wildman–Crippen MR) is 98.0 cm³/mol. The Balaban J connectivity index is 1.87. The Bertz CT molecular complexity index is 766. The van der Waals surface area contributed by atoms with Gasteiger partial charge in [0, 0.05) is 33.9 Å². The normalized spacial score (nSPS) is 21.7. The van der Waals surface area contributed by atoms with E-state index in [1.54, 1.807) is 32.0 Å². The van der Waals surface area contributed by atoms with Crippen LogP contribution in [0.25, 0.3) is 0 Å². The first-order valence-corrected chi connectivity index (χ1v) is 8.91. The van der Waals surface area contributed by atoms with E-state index in [4.69, 9.17) is 16.3 Å². The number of rotatable bonds is 7. The molecule has 146 valence electrons. The van der Waals surface area contributed by atoms with Crippen molar-refractivity contribution in [1.82, 2.24) is 0 Å². The average molecular weight is 397 g/mol. The molecule has 9 heteroatoms. The molecular formula is C18H21ClN2O6. The first-order valence-electron chi connectivity index (χ1n) is 8.53. The zero-order valence-electron chi connectivity index (χ0n) is 15.1. The van der Waals surface area contributed by atoms with Gasteiger partial charge in [0.05, 0.1) is 6.42 Å². The topological polar surface area (TPSA) is 116 Å². The lowest BCUT2D eigenvalue weighted by molar-refractivity contribution is -0.490. The number of amides is 1. The van der Waals surface area contributed by atoms with Crippen molar-refractivity contribution < 1.29 is 24.0 Å². The van der Waals surface area contributed by atoms with E-state index in [0.717, 1.165) is 5.56 Å². The van der Waals surface area contributed by atoms with Gasteiger partial charge in [0.15, 0.2) is 6.61 Å². The summed E-state index contributed by atoms with van der Waals surface area (Å²) >= 11 is 5.88. The van der Waals surface area contributed by atoms with Crippen LogP contribution in [-0.2, 0) is 19.1 Å². The number of hydrogen-bond acceptors (Lipinski definition) is 6. The van der Waals surface area contributed by atoms with Crippen molar-refractivity contribution in [2.75, 3.05) is 18.5 Å². The van der Waals surface area contributed by atoms with E-state index in [0.29, 0.717) is 10.7 Å². The lowest BCUT2D eigenvalue weighted by Crippen LogP contribution is -2.28. The van der Waals surface area contributed by atoms with E-state index in [1.165, 1.54) is 0 Å². The third kappa shape index (κ3) is 5.75.